The van der Waals surface area contributed by atoms with Crippen LogP contribution in [0.5, 0.6) is 0 Å². The highest BCUT2D eigenvalue weighted by Gasteiger charge is 2.18. The van der Waals surface area contributed by atoms with E-state index < -0.39 is 0 Å². The largest absolute Gasteiger partial charge is 0.310 e. The Hall–Kier alpha value is -3.59. The van der Waals surface area contributed by atoms with Crippen molar-refractivity contribution in [2.75, 3.05) is 0 Å². The molecule has 0 fully saturated rings. The smallest absolute Gasteiger partial charge is 0.275 e. The van der Waals surface area contributed by atoms with Crippen LogP contribution in [0.25, 0.3) is 38.8 Å². The second-order valence-corrected chi connectivity index (χ2v) is 6.71. The molecular weight excluding hydrogens is 332 g/mol. The molecule has 3 heteroatoms. The molecule has 27 heavy (non-hydrogen) atoms. The first kappa shape index (κ1) is 15.6. The molecule has 2 heterocycles. The number of pyridine rings is 1. The summed E-state index contributed by atoms with van der Waals surface area (Å²) in [5.41, 5.74) is 4.75. The van der Waals surface area contributed by atoms with Gasteiger partial charge in [-0.3, -0.25) is 4.79 Å². The first-order valence-electron chi connectivity index (χ1n) is 9.00. The zero-order valence-corrected chi connectivity index (χ0v) is 15.0. The SMILES string of the molecule is Cn1c(=O)c2c(cc(-c3ccccc3)n2-c2ccccc2)c2ccccc21. The number of aryl methyl sites for hydroxylation is 1. The monoisotopic (exact) mass is 350 g/mol. The number of fused-ring (bicyclic) bond motifs is 3. The van der Waals surface area contributed by atoms with Gasteiger partial charge >= 0.3 is 0 Å². The fourth-order valence-electron chi connectivity index (χ4n) is 3.86. The molecule has 0 aliphatic carbocycles. The summed E-state index contributed by atoms with van der Waals surface area (Å²) in [5, 5.41) is 2.07. The van der Waals surface area contributed by atoms with E-state index in [9.17, 15) is 4.79 Å². The first-order chi connectivity index (χ1) is 13.3. The maximum Gasteiger partial charge on any atom is 0.275 e. The van der Waals surface area contributed by atoms with E-state index in [0.29, 0.717) is 5.52 Å². The summed E-state index contributed by atoms with van der Waals surface area (Å²) in [7, 11) is 1.84. The molecule has 0 amide bonds. The normalized spacial score (nSPS) is 11.3. The zero-order valence-electron chi connectivity index (χ0n) is 15.0. The lowest BCUT2D eigenvalue weighted by atomic mass is 10.1. The maximum atomic E-state index is 13.3. The van der Waals surface area contributed by atoms with Gasteiger partial charge in [-0.15, -0.1) is 0 Å². The zero-order chi connectivity index (χ0) is 18.4. The summed E-state index contributed by atoms with van der Waals surface area (Å²) < 4.78 is 3.82. The Bertz CT molecular complexity index is 1330. The second kappa shape index (κ2) is 5.99. The van der Waals surface area contributed by atoms with E-state index in [1.165, 1.54) is 0 Å². The third kappa shape index (κ3) is 2.32. The van der Waals surface area contributed by atoms with Crippen LogP contribution >= 0.6 is 0 Å². The topological polar surface area (TPSA) is 26.9 Å². The van der Waals surface area contributed by atoms with Crippen LogP contribution in [0.1, 0.15) is 0 Å². The summed E-state index contributed by atoms with van der Waals surface area (Å²) in [6.45, 7) is 0. The van der Waals surface area contributed by atoms with E-state index in [2.05, 4.69) is 28.8 Å². The van der Waals surface area contributed by atoms with Crippen molar-refractivity contribution >= 4 is 21.8 Å². The molecule has 2 aromatic heterocycles. The summed E-state index contributed by atoms with van der Waals surface area (Å²) in [5.74, 6) is 0. The molecule has 0 saturated carbocycles. The molecule has 5 rings (SSSR count). The van der Waals surface area contributed by atoms with Gasteiger partial charge in [0.15, 0.2) is 0 Å². The van der Waals surface area contributed by atoms with E-state index >= 15 is 0 Å². The summed E-state index contributed by atoms with van der Waals surface area (Å²) in [6.07, 6.45) is 0. The molecule has 0 spiro atoms. The number of aromatic nitrogens is 2. The third-order valence-corrected chi connectivity index (χ3v) is 5.15. The van der Waals surface area contributed by atoms with Gasteiger partial charge in [-0.25, -0.2) is 0 Å². The predicted octanol–water partition coefficient (Wildman–Crippen LogP) is 5.15. The van der Waals surface area contributed by atoms with E-state index in [1.54, 1.807) is 4.57 Å². The molecule has 0 saturated heterocycles. The average Bonchev–Trinajstić information content (AvgIpc) is 3.14. The molecule has 0 aliphatic heterocycles. The maximum absolute atomic E-state index is 13.3. The van der Waals surface area contributed by atoms with E-state index in [4.69, 9.17) is 0 Å². The second-order valence-electron chi connectivity index (χ2n) is 6.71. The van der Waals surface area contributed by atoms with Gasteiger partial charge in [-0.2, -0.15) is 0 Å². The van der Waals surface area contributed by atoms with Crippen molar-refractivity contribution in [2.24, 2.45) is 7.05 Å². The molecular formula is C24H18N2O. The Balaban J connectivity index is 2.03. The number of para-hydroxylation sites is 2. The van der Waals surface area contributed by atoms with Crippen molar-refractivity contribution in [3.05, 3.63) is 101 Å². The van der Waals surface area contributed by atoms with Gasteiger partial charge in [0.1, 0.15) is 5.52 Å². The minimum Gasteiger partial charge on any atom is -0.310 e. The molecule has 0 radical (unpaired) electrons. The van der Waals surface area contributed by atoms with Crippen molar-refractivity contribution in [3.8, 4) is 16.9 Å². The van der Waals surface area contributed by atoms with Crippen molar-refractivity contribution in [1.82, 2.24) is 9.13 Å². The van der Waals surface area contributed by atoms with Gasteiger partial charge in [0.25, 0.3) is 5.56 Å². The minimum atomic E-state index is 0.00901. The number of hydrogen-bond donors (Lipinski definition) is 0. The highest BCUT2D eigenvalue weighted by atomic mass is 16.1. The highest BCUT2D eigenvalue weighted by Crippen LogP contribution is 2.33. The van der Waals surface area contributed by atoms with Crippen LogP contribution in [0, 0.1) is 0 Å². The summed E-state index contributed by atoms with van der Waals surface area (Å²) in [6, 6.07) is 30.5. The molecule has 0 unspecified atom stereocenters. The quantitative estimate of drug-likeness (QED) is 0.432. The van der Waals surface area contributed by atoms with E-state index in [0.717, 1.165) is 33.2 Å². The molecule has 3 aromatic carbocycles. The number of rotatable bonds is 2. The van der Waals surface area contributed by atoms with Gasteiger partial charge < -0.3 is 9.13 Å². The fourth-order valence-corrected chi connectivity index (χ4v) is 3.86. The Kier molecular flexibility index (Phi) is 3.47. The lowest BCUT2D eigenvalue weighted by Crippen LogP contribution is -2.19. The molecule has 130 valence electrons. The van der Waals surface area contributed by atoms with Crippen LogP contribution in [-0.4, -0.2) is 9.13 Å². The number of nitrogens with zero attached hydrogens (tertiary/aromatic N) is 2. The Labute approximate surface area is 156 Å². The molecule has 0 bridgehead atoms. The summed E-state index contributed by atoms with van der Waals surface area (Å²) >= 11 is 0. The standard InChI is InChI=1S/C24H18N2O/c1-25-21-15-9-8-14-19(21)20-16-22(17-10-4-2-5-11-17)26(23(20)24(25)27)18-12-6-3-7-13-18/h2-16H,1H3. The van der Waals surface area contributed by atoms with Gasteiger partial charge in [0.05, 0.1) is 11.2 Å². The van der Waals surface area contributed by atoms with Crippen LogP contribution in [-0.2, 0) is 7.05 Å². The van der Waals surface area contributed by atoms with Crippen LogP contribution < -0.4 is 5.56 Å². The van der Waals surface area contributed by atoms with Crippen LogP contribution in [0.4, 0.5) is 0 Å². The van der Waals surface area contributed by atoms with E-state index in [-0.39, 0.29) is 5.56 Å². The van der Waals surface area contributed by atoms with Gasteiger partial charge in [-0.05, 0) is 29.8 Å². The van der Waals surface area contributed by atoms with Crippen molar-refractivity contribution in [3.63, 3.8) is 0 Å². The lowest BCUT2D eigenvalue weighted by molar-refractivity contribution is 0.908. The Morgan fingerprint density at radius 2 is 1.33 bits per heavy atom. The van der Waals surface area contributed by atoms with Gasteiger partial charge in [0.2, 0.25) is 0 Å². The van der Waals surface area contributed by atoms with Crippen LogP contribution in [0.15, 0.2) is 95.8 Å². The fraction of sp³-hybridized carbons (Fsp3) is 0.0417. The molecule has 0 N–H and O–H groups in total. The predicted molar refractivity (Wildman–Crippen MR) is 111 cm³/mol. The van der Waals surface area contributed by atoms with Crippen LogP contribution in [0.2, 0.25) is 0 Å². The molecule has 5 aromatic rings. The number of hydrogen-bond acceptors (Lipinski definition) is 1. The van der Waals surface area contributed by atoms with Crippen LogP contribution in [0.3, 0.4) is 0 Å². The van der Waals surface area contributed by atoms with Crippen molar-refractivity contribution < 1.29 is 0 Å². The summed E-state index contributed by atoms with van der Waals surface area (Å²) in [4.78, 5) is 13.3. The van der Waals surface area contributed by atoms with E-state index in [1.807, 2.05) is 73.8 Å². The van der Waals surface area contributed by atoms with Gasteiger partial charge in [-0.1, -0.05) is 66.7 Å². The third-order valence-electron chi connectivity index (χ3n) is 5.15. The molecule has 3 nitrogen and oxygen atoms in total. The highest BCUT2D eigenvalue weighted by molar-refractivity contribution is 6.07. The number of benzene rings is 3. The molecule has 0 aliphatic rings. The average molecular weight is 350 g/mol. The molecule has 0 atom stereocenters. The first-order valence-corrected chi connectivity index (χ1v) is 9.00. The van der Waals surface area contributed by atoms with Crippen molar-refractivity contribution in [1.29, 1.82) is 0 Å². The van der Waals surface area contributed by atoms with Crippen molar-refractivity contribution in [2.45, 2.75) is 0 Å². The Morgan fingerprint density at radius 3 is 2.07 bits per heavy atom. The van der Waals surface area contributed by atoms with Gasteiger partial charge in [0, 0.05) is 23.5 Å². The Morgan fingerprint density at radius 1 is 0.704 bits per heavy atom. The lowest BCUT2D eigenvalue weighted by Gasteiger charge is -2.12. The minimum absolute atomic E-state index is 0.00901.